The molecule has 114 valence electrons. The molecule has 0 spiro atoms. The molecular weight excluding hydrogens is 252 g/mol. The predicted molar refractivity (Wildman–Crippen MR) is 80.7 cm³/mol. The summed E-state index contributed by atoms with van der Waals surface area (Å²) in [6.07, 6.45) is 7.64. The fraction of sp³-hybridized carbons (Fsp3) is 0.867. The third-order valence-corrected chi connectivity index (χ3v) is 4.54. The third-order valence-electron chi connectivity index (χ3n) is 4.54. The van der Waals surface area contributed by atoms with Crippen molar-refractivity contribution in [1.82, 2.24) is 15.5 Å². The van der Waals surface area contributed by atoms with Gasteiger partial charge in [-0.2, -0.15) is 0 Å². The lowest BCUT2D eigenvalue weighted by atomic mass is 9.83. The van der Waals surface area contributed by atoms with E-state index >= 15 is 0 Å². The van der Waals surface area contributed by atoms with E-state index in [9.17, 15) is 0 Å². The Labute approximate surface area is 121 Å². The Hall–Kier alpha value is -1.10. The molecule has 1 unspecified atom stereocenters. The number of anilines is 1. The Morgan fingerprint density at radius 3 is 2.65 bits per heavy atom. The van der Waals surface area contributed by atoms with E-state index < -0.39 is 0 Å². The highest BCUT2D eigenvalue weighted by Gasteiger charge is 2.32. The first-order chi connectivity index (χ1) is 9.69. The van der Waals surface area contributed by atoms with Crippen LogP contribution in [0.25, 0.3) is 0 Å². The molecule has 20 heavy (non-hydrogen) atoms. The van der Waals surface area contributed by atoms with E-state index in [1.54, 1.807) is 0 Å². The van der Waals surface area contributed by atoms with Crippen molar-refractivity contribution in [3.05, 3.63) is 5.89 Å². The molecule has 1 aliphatic rings. The second-order valence-electron chi connectivity index (χ2n) is 6.04. The molecule has 0 saturated heterocycles. The Morgan fingerprint density at radius 1 is 1.25 bits per heavy atom. The maximum atomic E-state index is 5.70. The summed E-state index contributed by atoms with van der Waals surface area (Å²) in [6, 6.07) is 0.675. The predicted octanol–water partition coefficient (Wildman–Crippen LogP) is 3.51. The van der Waals surface area contributed by atoms with Gasteiger partial charge in [-0.3, -0.25) is 0 Å². The zero-order valence-electron chi connectivity index (χ0n) is 13.0. The summed E-state index contributed by atoms with van der Waals surface area (Å²) in [5.74, 6) is 0.665. The molecule has 5 heteroatoms. The Morgan fingerprint density at radius 2 is 2.00 bits per heavy atom. The van der Waals surface area contributed by atoms with Crippen LogP contribution >= 0.6 is 0 Å². The van der Waals surface area contributed by atoms with Gasteiger partial charge in [0.1, 0.15) is 0 Å². The fourth-order valence-corrected chi connectivity index (χ4v) is 2.97. The first kappa shape index (κ1) is 15.3. The van der Waals surface area contributed by atoms with Gasteiger partial charge < -0.3 is 15.1 Å². The minimum absolute atomic E-state index is 0.115. The van der Waals surface area contributed by atoms with Gasteiger partial charge in [-0.25, -0.2) is 0 Å². The molecule has 1 fully saturated rings. The maximum Gasteiger partial charge on any atom is 0.315 e. The van der Waals surface area contributed by atoms with Crippen LogP contribution in [-0.4, -0.2) is 23.3 Å². The first-order valence-corrected chi connectivity index (χ1v) is 8.00. The fourth-order valence-electron chi connectivity index (χ4n) is 2.97. The summed E-state index contributed by atoms with van der Waals surface area (Å²) in [5, 5.41) is 14.9. The topological polar surface area (TPSA) is 63.0 Å². The highest BCUT2D eigenvalue weighted by molar-refractivity contribution is 5.18. The van der Waals surface area contributed by atoms with Gasteiger partial charge in [0.2, 0.25) is 5.89 Å². The summed E-state index contributed by atoms with van der Waals surface area (Å²) >= 11 is 0. The largest absolute Gasteiger partial charge is 0.406 e. The SMILES string of the molecule is CCCNC(C)c1nnc(NCC2(CC)CCCC2)o1. The number of hydrogen-bond acceptors (Lipinski definition) is 5. The maximum absolute atomic E-state index is 5.70. The first-order valence-electron chi connectivity index (χ1n) is 8.00. The molecule has 2 N–H and O–H groups in total. The van der Waals surface area contributed by atoms with Gasteiger partial charge in [-0.05, 0) is 44.6 Å². The summed E-state index contributed by atoms with van der Waals surface area (Å²) < 4.78 is 5.70. The molecule has 1 atom stereocenters. The van der Waals surface area contributed by atoms with Crippen LogP contribution in [0.4, 0.5) is 6.01 Å². The quantitative estimate of drug-likeness (QED) is 0.763. The van der Waals surface area contributed by atoms with Crippen molar-refractivity contribution < 1.29 is 4.42 Å². The molecule has 1 saturated carbocycles. The van der Waals surface area contributed by atoms with Gasteiger partial charge in [0.15, 0.2) is 0 Å². The van der Waals surface area contributed by atoms with Crippen LogP contribution in [-0.2, 0) is 0 Å². The van der Waals surface area contributed by atoms with E-state index in [-0.39, 0.29) is 6.04 Å². The van der Waals surface area contributed by atoms with E-state index in [1.807, 2.05) is 0 Å². The summed E-state index contributed by atoms with van der Waals surface area (Å²) in [6.45, 7) is 8.39. The van der Waals surface area contributed by atoms with Crippen LogP contribution in [0.3, 0.4) is 0 Å². The van der Waals surface area contributed by atoms with E-state index in [0.29, 0.717) is 17.3 Å². The molecule has 1 aromatic heterocycles. The zero-order valence-corrected chi connectivity index (χ0v) is 13.0. The number of rotatable bonds is 8. The van der Waals surface area contributed by atoms with Crippen LogP contribution in [0.2, 0.25) is 0 Å². The summed E-state index contributed by atoms with van der Waals surface area (Å²) in [5.41, 5.74) is 0.431. The normalized spacial score (nSPS) is 19.1. The highest BCUT2D eigenvalue weighted by atomic mass is 16.4. The second kappa shape index (κ2) is 7.07. The second-order valence-corrected chi connectivity index (χ2v) is 6.04. The average Bonchev–Trinajstić information content (AvgIpc) is 3.12. The standard InChI is InChI=1S/C15H28N4O/c1-4-10-16-12(3)13-18-19-14(20-13)17-11-15(5-2)8-6-7-9-15/h12,16H,4-11H2,1-3H3,(H,17,19). The van der Waals surface area contributed by atoms with Crippen molar-refractivity contribution in [2.45, 2.75) is 65.3 Å². The van der Waals surface area contributed by atoms with Crippen molar-refractivity contribution in [2.75, 3.05) is 18.4 Å². The van der Waals surface area contributed by atoms with Crippen LogP contribution in [0, 0.1) is 5.41 Å². The van der Waals surface area contributed by atoms with Gasteiger partial charge in [-0.15, -0.1) is 5.10 Å². The Balaban J connectivity index is 1.86. The molecule has 1 aromatic rings. The van der Waals surface area contributed by atoms with Crippen molar-refractivity contribution >= 4 is 6.01 Å². The van der Waals surface area contributed by atoms with Crippen LogP contribution in [0.1, 0.15) is 71.2 Å². The minimum atomic E-state index is 0.115. The van der Waals surface area contributed by atoms with E-state index in [0.717, 1.165) is 19.5 Å². The molecule has 1 heterocycles. The Bertz CT molecular complexity index is 398. The van der Waals surface area contributed by atoms with Crippen molar-refractivity contribution in [2.24, 2.45) is 5.41 Å². The summed E-state index contributed by atoms with van der Waals surface area (Å²) in [7, 11) is 0. The van der Waals surface area contributed by atoms with Crippen molar-refractivity contribution in [1.29, 1.82) is 0 Å². The molecule has 0 radical (unpaired) electrons. The van der Waals surface area contributed by atoms with Gasteiger partial charge in [0.25, 0.3) is 0 Å². The van der Waals surface area contributed by atoms with Crippen molar-refractivity contribution in [3.63, 3.8) is 0 Å². The van der Waals surface area contributed by atoms with Crippen LogP contribution in [0.5, 0.6) is 0 Å². The molecule has 0 amide bonds. The van der Waals surface area contributed by atoms with E-state index in [1.165, 1.54) is 32.1 Å². The van der Waals surface area contributed by atoms with Gasteiger partial charge in [0, 0.05) is 6.54 Å². The monoisotopic (exact) mass is 280 g/mol. The van der Waals surface area contributed by atoms with Gasteiger partial charge in [0.05, 0.1) is 6.04 Å². The van der Waals surface area contributed by atoms with Crippen molar-refractivity contribution in [3.8, 4) is 0 Å². The molecule has 2 rings (SSSR count). The highest BCUT2D eigenvalue weighted by Crippen LogP contribution is 2.40. The number of nitrogens with zero attached hydrogens (tertiary/aromatic N) is 2. The van der Waals surface area contributed by atoms with Gasteiger partial charge >= 0.3 is 6.01 Å². The molecule has 0 bridgehead atoms. The molecule has 5 nitrogen and oxygen atoms in total. The summed E-state index contributed by atoms with van der Waals surface area (Å²) in [4.78, 5) is 0. The smallest absolute Gasteiger partial charge is 0.315 e. The molecular formula is C15H28N4O. The van der Waals surface area contributed by atoms with Crippen LogP contribution < -0.4 is 10.6 Å². The molecule has 1 aliphatic carbocycles. The Kier molecular flexibility index (Phi) is 5.40. The van der Waals surface area contributed by atoms with Crippen LogP contribution in [0.15, 0.2) is 4.42 Å². The lowest BCUT2D eigenvalue weighted by Crippen LogP contribution is -2.26. The average molecular weight is 280 g/mol. The third kappa shape index (κ3) is 3.72. The number of nitrogens with one attached hydrogen (secondary N) is 2. The minimum Gasteiger partial charge on any atom is -0.406 e. The van der Waals surface area contributed by atoms with E-state index in [2.05, 4.69) is 41.6 Å². The van der Waals surface area contributed by atoms with Gasteiger partial charge in [-0.1, -0.05) is 31.8 Å². The lowest BCUT2D eigenvalue weighted by molar-refractivity contribution is 0.303. The molecule has 0 aromatic carbocycles. The number of aromatic nitrogens is 2. The lowest BCUT2D eigenvalue weighted by Gasteiger charge is -2.27. The zero-order chi connectivity index (χ0) is 14.4. The van der Waals surface area contributed by atoms with E-state index in [4.69, 9.17) is 4.42 Å². The number of hydrogen-bond donors (Lipinski definition) is 2. The molecule has 0 aliphatic heterocycles.